The van der Waals surface area contributed by atoms with E-state index in [-0.39, 0.29) is 36.8 Å². The van der Waals surface area contributed by atoms with Crippen LogP contribution in [0.15, 0.2) is 0 Å². The second kappa shape index (κ2) is 11.9. The Balaban J connectivity index is 2.82. The van der Waals surface area contributed by atoms with Gasteiger partial charge in [-0.05, 0) is 25.2 Å². The molecule has 0 aromatic heterocycles. The van der Waals surface area contributed by atoms with E-state index in [4.69, 9.17) is 5.21 Å². The zero-order chi connectivity index (χ0) is 20.4. The van der Waals surface area contributed by atoms with Crippen molar-refractivity contribution in [3.05, 3.63) is 0 Å². The number of hydrogen-bond acceptors (Lipinski definition) is 5. The minimum atomic E-state index is -0.699. The van der Waals surface area contributed by atoms with Gasteiger partial charge in [-0.25, -0.2) is 5.48 Å². The van der Waals surface area contributed by atoms with Gasteiger partial charge in [-0.3, -0.25) is 19.6 Å². The van der Waals surface area contributed by atoms with Gasteiger partial charge in [0.25, 0.3) is 0 Å². The highest BCUT2D eigenvalue weighted by Gasteiger charge is 2.36. The Morgan fingerprint density at radius 2 is 1.93 bits per heavy atom. The van der Waals surface area contributed by atoms with E-state index in [1.54, 1.807) is 10.4 Å². The molecule has 0 bridgehead atoms. The first kappa shape index (κ1) is 23.4. The first-order valence-corrected chi connectivity index (χ1v) is 10.00. The molecule has 0 spiro atoms. The van der Waals surface area contributed by atoms with Crippen molar-refractivity contribution in [2.75, 3.05) is 13.2 Å². The summed E-state index contributed by atoms with van der Waals surface area (Å²) in [7, 11) is 0. The highest BCUT2D eigenvalue weighted by atomic mass is 16.5. The van der Waals surface area contributed by atoms with Crippen molar-refractivity contribution in [3.8, 4) is 0 Å². The second-order valence-electron chi connectivity index (χ2n) is 7.67. The Morgan fingerprint density at radius 3 is 2.48 bits per heavy atom. The van der Waals surface area contributed by atoms with E-state index in [1.165, 1.54) is 0 Å². The fraction of sp³-hybridized carbons (Fsp3) is 0.842. The molecule has 1 fully saturated rings. The molecule has 1 aliphatic rings. The van der Waals surface area contributed by atoms with Crippen molar-refractivity contribution in [1.29, 1.82) is 0 Å². The van der Waals surface area contributed by atoms with Gasteiger partial charge in [0.05, 0.1) is 12.6 Å². The average molecular weight is 386 g/mol. The molecule has 0 aromatic carbocycles. The number of carbonyl (C=O) groups is 3. The van der Waals surface area contributed by atoms with Crippen LogP contribution in [0, 0.1) is 11.8 Å². The quantitative estimate of drug-likeness (QED) is 0.242. The van der Waals surface area contributed by atoms with E-state index in [9.17, 15) is 19.5 Å². The topological polar surface area (TPSA) is 119 Å². The van der Waals surface area contributed by atoms with Crippen LogP contribution in [0.5, 0.6) is 0 Å². The number of carbonyl (C=O) groups excluding carboxylic acids is 3. The highest BCUT2D eigenvalue weighted by Crippen LogP contribution is 2.21. The molecular formula is C19H35N3O5. The largest absolute Gasteiger partial charge is 0.394 e. The standard InChI is InChI=1S/C19H35N3O5/c1-4-5-6-8-14(11-16(24)21-27)18(25)20-17(13(2)3)19(26)22-10-7-9-15(22)12-23/h13-15,17,23,27H,4-12H2,1-3H3,(H,20,25)(H,21,24)/t14-,15+,17+/m0/s1. The van der Waals surface area contributed by atoms with E-state index in [2.05, 4.69) is 12.2 Å². The van der Waals surface area contributed by atoms with E-state index in [1.807, 2.05) is 13.8 Å². The van der Waals surface area contributed by atoms with Gasteiger partial charge in [0.1, 0.15) is 6.04 Å². The molecule has 0 saturated carbocycles. The van der Waals surface area contributed by atoms with Gasteiger partial charge in [-0.2, -0.15) is 0 Å². The van der Waals surface area contributed by atoms with Crippen LogP contribution in [0.25, 0.3) is 0 Å². The summed E-state index contributed by atoms with van der Waals surface area (Å²) in [5.41, 5.74) is 1.58. The van der Waals surface area contributed by atoms with E-state index < -0.39 is 17.9 Å². The lowest BCUT2D eigenvalue weighted by Crippen LogP contribution is -2.54. The van der Waals surface area contributed by atoms with Gasteiger partial charge in [-0.1, -0.05) is 40.0 Å². The zero-order valence-electron chi connectivity index (χ0n) is 16.7. The van der Waals surface area contributed by atoms with Crippen LogP contribution < -0.4 is 10.8 Å². The predicted molar refractivity (Wildman–Crippen MR) is 101 cm³/mol. The Bertz CT molecular complexity index is 498. The molecule has 156 valence electrons. The summed E-state index contributed by atoms with van der Waals surface area (Å²) in [5, 5.41) is 21.1. The Labute approximate surface area is 161 Å². The molecular weight excluding hydrogens is 350 g/mol. The second-order valence-corrected chi connectivity index (χ2v) is 7.67. The van der Waals surface area contributed by atoms with Crippen LogP contribution >= 0.6 is 0 Å². The summed E-state index contributed by atoms with van der Waals surface area (Å²) in [6, 6.07) is -0.897. The van der Waals surface area contributed by atoms with Crippen LogP contribution in [-0.2, 0) is 14.4 Å². The van der Waals surface area contributed by atoms with Crippen molar-refractivity contribution in [2.24, 2.45) is 11.8 Å². The van der Waals surface area contributed by atoms with Gasteiger partial charge in [0, 0.05) is 18.9 Å². The third-order valence-electron chi connectivity index (χ3n) is 5.18. The third-order valence-corrected chi connectivity index (χ3v) is 5.18. The summed E-state index contributed by atoms with van der Waals surface area (Å²) in [5.74, 6) is -1.86. The van der Waals surface area contributed by atoms with Crippen molar-refractivity contribution in [2.45, 2.75) is 77.8 Å². The maximum absolute atomic E-state index is 12.9. The van der Waals surface area contributed by atoms with Gasteiger partial charge in [-0.15, -0.1) is 0 Å². The van der Waals surface area contributed by atoms with Crippen LogP contribution in [0.1, 0.15) is 65.7 Å². The molecule has 3 amide bonds. The van der Waals surface area contributed by atoms with Gasteiger partial charge >= 0.3 is 0 Å². The first-order valence-electron chi connectivity index (χ1n) is 10.00. The smallest absolute Gasteiger partial charge is 0.245 e. The number of nitrogens with one attached hydrogen (secondary N) is 2. The van der Waals surface area contributed by atoms with Crippen molar-refractivity contribution in [1.82, 2.24) is 15.7 Å². The molecule has 1 saturated heterocycles. The summed E-state index contributed by atoms with van der Waals surface area (Å²) >= 11 is 0. The molecule has 4 N–H and O–H groups in total. The zero-order valence-corrected chi connectivity index (χ0v) is 16.7. The van der Waals surface area contributed by atoms with E-state index >= 15 is 0 Å². The maximum Gasteiger partial charge on any atom is 0.245 e. The maximum atomic E-state index is 12.9. The number of aliphatic hydroxyl groups excluding tert-OH is 1. The van der Waals surface area contributed by atoms with Crippen molar-refractivity contribution >= 4 is 17.7 Å². The number of nitrogens with zero attached hydrogens (tertiary/aromatic N) is 1. The fourth-order valence-corrected chi connectivity index (χ4v) is 3.51. The molecule has 1 heterocycles. The minimum absolute atomic E-state index is 0.0825. The van der Waals surface area contributed by atoms with E-state index in [0.29, 0.717) is 13.0 Å². The number of aliphatic hydroxyl groups is 1. The lowest BCUT2D eigenvalue weighted by molar-refractivity contribution is -0.141. The normalized spacial score (nSPS) is 19.0. The van der Waals surface area contributed by atoms with Crippen LogP contribution in [0.4, 0.5) is 0 Å². The molecule has 0 aromatic rings. The number of amides is 3. The fourth-order valence-electron chi connectivity index (χ4n) is 3.51. The molecule has 0 unspecified atom stereocenters. The third kappa shape index (κ3) is 7.10. The van der Waals surface area contributed by atoms with Gasteiger partial charge in [0.15, 0.2) is 0 Å². The van der Waals surface area contributed by atoms with Gasteiger partial charge in [0.2, 0.25) is 17.7 Å². The van der Waals surface area contributed by atoms with Crippen LogP contribution in [0.2, 0.25) is 0 Å². The minimum Gasteiger partial charge on any atom is -0.394 e. The SMILES string of the molecule is CCCCC[C@@H](CC(=O)NO)C(=O)N[C@@H](C(=O)N1CCC[C@@H]1CO)C(C)C. The molecule has 1 rings (SSSR count). The predicted octanol–water partition coefficient (Wildman–Crippen LogP) is 1.20. The molecule has 0 radical (unpaired) electrons. The number of unbranched alkanes of at least 4 members (excludes halogenated alkanes) is 2. The molecule has 3 atom stereocenters. The number of hydrogen-bond donors (Lipinski definition) is 4. The summed E-state index contributed by atoms with van der Waals surface area (Å²) < 4.78 is 0. The Morgan fingerprint density at radius 1 is 1.22 bits per heavy atom. The first-order chi connectivity index (χ1) is 12.8. The highest BCUT2D eigenvalue weighted by molar-refractivity contribution is 5.91. The monoisotopic (exact) mass is 385 g/mol. The summed E-state index contributed by atoms with van der Waals surface area (Å²) in [6.07, 6.45) is 4.74. The Kier molecular flexibility index (Phi) is 10.3. The van der Waals surface area contributed by atoms with Crippen molar-refractivity contribution < 1.29 is 24.7 Å². The molecule has 1 aliphatic heterocycles. The number of rotatable bonds is 11. The number of likely N-dealkylation sites (tertiary alicyclic amines) is 1. The summed E-state index contributed by atoms with van der Waals surface area (Å²) in [6.45, 7) is 6.27. The number of hydroxylamine groups is 1. The summed E-state index contributed by atoms with van der Waals surface area (Å²) in [4.78, 5) is 38.9. The molecule has 8 heteroatoms. The van der Waals surface area contributed by atoms with Gasteiger partial charge < -0.3 is 15.3 Å². The molecule has 0 aliphatic carbocycles. The molecule has 27 heavy (non-hydrogen) atoms. The van der Waals surface area contributed by atoms with Crippen molar-refractivity contribution in [3.63, 3.8) is 0 Å². The average Bonchev–Trinajstić information content (AvgIpc) is 3.13. The Hall–Kier alpha value is -1.67. The lowest BCUT2D eigenvalue weighted by Gasteiger charge is -2.31. The van der Waals surface area contributed by atoms with Crippen LogP contribution in [-0.4, -0.2) is 58.2 Å². The molecule has 8 nitrogen and oxygen atoms in total. The van der Waals surface area contributed by atoms with E-state index in [0.717, 1.165) is 32.1 Å². The van der Waals surface area contributed by atoms with Crippen LogP contribution in [0.3, 0.4) is 0 Å². The lowest BCUT2D eigenvalue weighted by atomic mass is 9.94.